The smallest absolute Gasteiger partial charge is 0.272 e. The summed E-state index contributed by atoms with van der Waals surface area (Å²) < 4.78 is 0. The quantitative estimate of drug-likeness (QED) is 0.456. The minimum atomic E-state index is -1.11. The molecule has 1 rings (SSSR count). The van der Waals surface area contributed by atoms with Crippen LogP contribution in [0.1, 0.15) is 0 Å². The van der Waals surface area contributed by atoms with Gasteiger partial charge in [-0.3, -0.25) is 4.79 Å². The number of nitrogens with zero attached hydrogens (tertiary/aromatic N) is 1. The van der Waals surface area contributed by atoms with Crippen molar-refractivity contribution in [2.75, 3.05) is 0 Å². The number of hydrogen-bond acceptors (Lipinski definition) is 3. The zero-order chi connectivity index (χ0) is 6.85. The monoisotopic (exact) mass is 127 g/mol. The molecule has 1 heterocycles. The van der Waals surface area contributed by atoms with Crippen LogP contribution in [0.25, 0.3) is 0 Å². The molecular weight excluding hydrogens is 122 g/mol. The fourth-order valence-electron chi connectivity index (χ4n) is 0.470. The molecule has 2 N–H and O–H groups in total. The number of dihydropyridines is 1. The molecule has 1 amide bonds. The SMILES string of the molecule is O=C1C=C(O)C(O)C=N1. The first-order valence-electron chi connectivity index (χ1n) is 2.37. The van der Waals surface area contributed by atoms with Gasteiger partial charge in [-0.1, -0.05) is 0 Å². The molecule has 1 atom stereocenters. The number of carbonyl (C=O) groups excluding carboxylic acids is 1. The summed E-state index contributed by atoms with van der Waals surface area (Å²) in [4.78, 5) is 13.5. The molecule has 9 heavy (non-hydrogen) atoms. The van der Waals surface area contributed by atoms with Crippen molar-refractivity contribution < 1.29 is 15.0 Å². The van der Waals surface area contributed by atoms with E-state index in [-0.39, 0.29) is 5.76 Å². The van der Waals surface area contributed by atoms with E-state index in [9.17, 15) is 4.79 Å². The predicted octanol–water partition coefficient (Wildman–Crippen LogP) is -0.600. The highest BCUT2D eigenvalue weighted by Gasteiger charge is 2.12. The Morgan fingerprint density at radius 2 is 2.33 bits per heavy atom. The molecule has 0 saturated heterocycles. The molecule has 0 bridgehead atoms. The molecule has 1 aliphatic heterocycles. The predicted molar refractivity (Wildman–Crippen MR) is 30.2 cm³/mol. The summed E-state index contributed by atoms with van der Waals surface area (Å²) in [5, 5.41) is 17.3. The van der Waals surface area contributed by atoms with Crippen LogP contribution < -0.4 is 0 Å². The Labute approximate surface area is 51.1 Å². The minimum Gasteiger partial charge on any atom is -0.509 e. The molecule has 0 aliphatic carbocycles. The highest BCUT2D eigenvalue weighted by molar-refractivity contribution is 5.98. The van der Waals surface area contributed by atoms with Crippen molar-refractivity contribution in [3.8, 4) is 0 Å². The Kier molecular flexibility index (Phi) is 1.32. The van der Waals surface area contributed by atoms with E-state index in [0.717, 1.165) is 12.3 Å². The van der Waals surface area contributed by atoms with Crippen molar-refractivity contribution in [3.05, 3.63) is 11.8 Å². The van der Waals surface area contributed by atoms with Crippen LogP contribution in [0.2, 0.25) is 0 Å². The van der Waals surface area contributed by atoms with Crippen molar-refractivity contribution in [1.29, 1.82) is 0 Å². The fourth-order valence-corrected chi connectivity index (χ4v) is 0.470. The van der Waals surface area contributed by atoms with Gasteiger partial charge in [-0.05, 0) is 0 Å². The van der Waals surface area contributed by atoms with Gasteiger partial charge in [0, 0.05) is 12.3 Å². The summed E-state index contributed by atoms with van der Waals surface area (Å²) in [5.41, 5.74) is 0. The van der Waals surface area contributed by atoms with Crippen LogP contribution in [0.5, 0.6) is 0 Å². The van der Waals surface area contributed by atoms with Gasteiger partial charge >= 0.3 is 0 Å². The maximum atomic E-state index is 10.3. The highest BCUT2D eigenvalue weighted by Crippen LogP contribution is 2.00. The molecule has 0 aromatic carbocycles. The van der Waals surface area contributed by atoms with Gasteiger partial charge in [0.05, 0.1) is 0 Å². The van der Waals surface area contributed by atoms with Crippen LogP contribution in [0, 0.1) is 0 Å². The van der Waals surface area contributed by atoms with Gasteiger partial charge in [0.1, 0.15) is 11.9 Å². The van der Waals surface area contributed by atoms with E-state index >= 15 is 0 Å². The second-order valence-electron chi connectivity index (χ2n) is 1.63. The third kappa shape index (κ3) is 1.14. The normalized spacial score (nSPS) is 26.1. The number of aliphatic hydroxyl groups excluding tert-OH is 2. The second-order valence-corrected chi connectivity index (χ2v) is 1.63. The number of aliphatic imine (C=N–C) groups is 1. The van der Waals surface area contributed by atoms with E-state index in [1.54, 1.807) is 0 Å². The van der Waals surface area contributed by atoms with Crippen LogP contribution in [-0.2, 0) is 4.79 Å². The van der Waals surface area contributed by atoms with Crippen LogP contribution in [0.15, 0.2) is 16.8 Å². The standard InChI is InChI=1S/C5H5NO3/c7-3-1-5(9)6-2-4(3)8/h1-2,4,7-8H. The highest BCUT2D eigenvalue weighted by atomic mass is 16.3. The summed E-state index contributed by atoms with van der Waals surface area (Å²) in [6.45, 7) is 0. The second kappa shape index (κ2) is 1.99. The first kappa shape index (κ1) is 5.97. The van der Waals surface area contributed by atoms with Crippen molar-refractivity contribution in [3.63, 3.8) is 0 Å². The van der Waals surface area contributed by atoms with E-state index < -0.39 is 12.0 Å². The van der Waals surface area contributed by atoms with E-state index in [1.165, 1.54) is 0 Å². The van der Waals surface area contributed by atoms with Crippen molar-refractivity contribution >= 4 is 12.1 Å². The van der Waals surface area contributed by atoms with Crippen LogP contribution >= 0.6 is 0 Å². The zero-order valence-corrected chi connectivity index (χ0v) is 4.48. The van der Waals surface area contributed by atoms with Gasteiger partial charge in [0.2, 0.25) is 0 Å². The van der Waals surface area contributed by atoms with E-state index in [2.05, 4.69) is 4.99 Å². The largest absolute Gasteiger partial charge is 0.509 e. The lowest BCUT2D eigenvalue weighted by Crippen LogP contribution is -2.17. The van der Waals surface area contributed by atoms with E-state index in [1.807, 2.05) is 0 Å². The Balaban J connectivity index is 2.82. The number of carbonyl (C=O) groups is 1. The van der Waals surface area contributed by atoms with Gasteiger partial charge in [-0.15, -0.1) is 0 Å². The van der Waals surface area contributed by atoms with Crippen LogP contribution in [0.3, 0.4) is 0 Å². The number of hydrogen-bond donors (Lipinski definition) is 2. The summed E-state index contributed by atoms with van der Waals surface area (Å²) in [7, 11) is 0. The number of aliphatic hydroxyl groups is 2. The minimum absolute atomic E-state index is 0.352. The Hall–Kier alpha value is -1.16. The third-order valence-electron chi connectivity index (χ3n) is 0.917. The Morgan fingerprint density at radius 1 is 1.67 bits per heavy atom. The average molecular weight is 127 g/mol. The molecule has 0 aromatic heterocycles. The maximum absolute atomic E-state index is 10.3. The van der Waals surface area contributed by atoms with Gasteiger partial charge in [-0.25, -0.2) is 4.99 Å². The van der Waals surface area contributed by atoms with Crippen LogP contribution in [0.4, 0.5) is 0 Å². The summed E-state index contributed by atoms with van der Waals surface area (Å²) >= 11 is 0. The molecule has 4 nitrogen and oxygen atoms in total. The lowest BCUT2D eigenvalue weighted by Gasteiger charge is -2.05. The lowest BCUT2D eigenvalue weighted by molar-refractivity contribution is -0.113. The van der Waals surface area contributed by atoms with Gasteiger partial charge < -0.3 is 10.2 Å². The molecule has 0 radical (unpaired) electrons. The van der Waals surface area contributed by atoms with E-state index in [4.69, 9.17) is 10.2 Å². The third-order valence-corrected chi connectivity index (χ3v) is 0.917. The molecule has 1 aliphatic rings. The molecule has 0 spiro atoms. The molecule has 0 saturated carbocycles. The lowest BCUT2D eigenvalue weighted by atomic mass is 10.2. The first-order valence-corrected chi connectivity index (χ1v) is 2.37. The zero-order valence-electron chi connectivity index (χ0n) is 4.48. The summed E-state index contributed by atoms with van der Waals surface area (Å²) in [6, 6.07) is 0. The fraction of sp³-hybridized carbons (Fsp3) is 0.200. The molecule has 1 unspecified atom stereocenters. The topological polar surface area (TPSA) is 69.9 Å². The molecule has 0 fully saturated rings. The number of rotatable bonds is 0. The average Bonchev–Trinajstić information content (AvgIpc) is 1.80. The number of amides is 1. The summed E-state index contributed by atoms with van der Waals surface area (Å²) in [6.07, 6.45) is 0.755. The van der Waals surface area contributed by atoms with Crippen molar-refractivity contribution in [1.82, 2.24) is 0 Å². The van der Waals surface area contributed by atoms with Gasteiger partial charge in [-0.2, -0.15) is 0 Å². The summed E-state index contributed by atoms with van der Waals surface area (Å²) in [5.74, 6) is -0.896. The van der Waals surface area contributed by atoms with Crippen LogP contribution in [-0.4, -0.2) is 28.4 Å². The molecular formula is C5H5NO3. The molecule has 0 aromatic rings. The van der Waals surface area contributed by atoms with Crippen molar-refractivity contribution in [2.24, 2.45) is 4.99 Å². The molecule has 4 heteroatoms. The first-order chi connectivity index (χ1) is 4.20. The van der Waals surface area contributed by atoms with Crippen molar-refractivity contribution in [2.45, 2.75) is 6.10 Å². The van der Waals surface area contributed by atoms with E-state index in [0.29, 0.717) is 0 Å². The Morgan fingerprint density at radius 3 is 2.78 bits per heavy atom. The molecule has 48 valence electrons. The Bertz CT molecular complexity index is 194. The van der Waals surface area contributed by atoms with Gasteiger partial charge in [0.25, 0.3) is 5.91 Å². The maximum Gasteiger partial charge on any atom is 0.272 e. The van der Waals surface area contributed by atoms with Gasteiger partial charge in [0.15, 0.2) is 0 Å².